The molecule has 0 spiro atoms. The maximum atomic E-state index is 13.3. The highest BCUT2D eigenvalue weighted by atomic mass is 16.6. The Morgan fingerprint density at radius 1 is 0.848 bits per heavy atom. The van der Waals surface area contributed by atoms with Gasteiger partial charge >= 0.3 is 11.9 Å². The second kappa shape index (κ2) is 9.28. The summed E-state index contributed by atoms with van der Waals surface area (Å²) in [6.45, 7) is 1.59. The number of esters is 2. The lowest BCUT2D eigenvalue weighted by Gasteiger charge is -2.54. The van der Waals surface area contributed by atoms with Crippen LogP contribution in [0.3, 0.4) is 0 Å². The van der Waals surface area contributed by atoms with E-state index in [4.69, 9.17) is 9.47 Å². The number of ether oxygens (including phenoxy) is 2. The molecular weight excluding hydrogens is 418 g/mol. The maximum absolute atomic E-state index is 13.3. The van der Waals surface area contributed by atoms with Crippen LogP contribution in [0.25, 0.3) is 0 Å². The number of nitrogens with zero attached hydrogens (tertiary/aromatic N) is 1. The van der Waals surface area contributed by atoms with Crippen LogP contribution >= 0.6 is 0 Å². The smallest absolute Gasteiger partial charge is 0.320 e. The molecule has 0 radical (unpaired) electrons. The Labute approximate surface area is 192 Å². The predicted molar refractivity (Wildman–Crippen MR) is 122 cm³/mol. The summed E-state index contributed by atoms with van der Waals surface area (Å²) in [4.78, 5) is 40.2. The van der Waals surface area contributed by atoms with Crippen molar-refractivity contribution in [3.8, 4) is 0 Å². The zero-order valence-electron chi connectivity index (χ0n) is 18.5. The Morgan fingerprint density at radius 2 is 1.33 bits per heavy atom. The molecule has 6 heteroatoms. The Kier molecular flexibility index (Phi) is 6.27. The highest BCUT2D eigenvalue weighted by Crippen LogP contribution is 2.48. The van der Waals surface area contributed by atoms with Crippen molar-refractivity contribution >= 4 is 17.8 Å². The number of hydrogen-bond acceptors (Lipinski definition) is 5. The average Bonchev–Trinajstić information content (AvgIpc) is 2.85. The molecule has 3 aromatic rings. The third-order valence-corrected chi connectivity index (χ3v) is 5.98. The second-order valence-corrected chi connectivity index (χ2v) is 7.96. The van der Waals surface area contributed by atoms with Gasteiger partial charge in [-0.25, -0.2) is 0 Å². The minimum atomic E-state index is -1.41. The summed E-state index contributed by atoms with van der Waals surface area (Å²) < 4.78 is 11.1. The van der Waals surface area contributed by atoms with E-state index in [1.165, 1.54) is 14.0 Å². The van der Waals surface area contributed by atoms with Gasteiger partial charge in [0.05, 0.1) is 7.11 Å². The van der Waals surface area contributed by atoms with E-state index in [1.54, 1.807) is 4.90 Å². The molecule has 1 fully saturated rings. The van der Waals surface area contributed by atoms with Crippen molar-refractivity contribution in [3.63, 3.8) is 0 Å². The number of rotatable bonds is 7. The molecule has 2 atom stereocenters. The van der Waals surface area contributed by atoms with Gasteiger partial charge in [0, 0.05) is 24.6 Å². The van der Waals surface area contributed by atoms with E-state index in [-0.39, 0.29) is 12.5 Å². The molecule has 0 N–H and O–H groups in total. The fourth-order valence-corrected chi connectivity index (χ4v) is 4.60. The summed E-state index contributed by atoms with van der Waals surface area (Å²) >= 11 is 0. The van der Waals surface area contributed by atoms with Crippen molar-refractivity contribution in [1.29, 1.82) is 0 Å². The van der Waals surface area contributed by atoms with Gasteiger partial charge in [-0.3, -0.25) is 14.4 Å². The molecule has 0 aromatic heterocycles. The number of hydrogen-bond donors (Lipinski definition) is 0. The summed E-state index contributed by atoms with van der Waals surface area (Å²) in [5.74, 6) is -2.65. The van der Waals surface area contributed by atoms with Crippen molar-refractivity contribution in [2.45, 2.75) is 25.1 Å². The molecule has 0 saturated carbocycles. The van der Waals surface area contributed by atoms with Crippen LogP contribution in [0, 0.1) is 5.92 Å². The molecule has 1 amide bonds. The first kappa shape index (κ1) is 22.3. The Hall–Kier alpha value is -3.93. The number of carbonyl (C=O) groups excluding carboxylic acids is 3. The van der Waals surface area contributed by atoms with Gasteiger partial charge in [0.15, 0.2) is 11.5 Å². The van der Waals surface area contributed by atoms with Gasteiger partial charge in [-0.1, -0.05) is 91.0 Å². The maximum Gasteiger partial charge on any atom is 0.320 e. The van der Waals surface area contributed by atoms with E-state index < -0.39 is 29.5 Å². The molecule has 0 bridgehead atoms. The number of benzene rings is 3. The Bertz CT molecular complexity index is 1090. The van der Waals surface area contributed by atoms with Crippen LogP contribution in [-0.4, -0.2) is 35.9 Å². The van der Waals surface area contributed by atoms with E-state index in [9.17, 15) is 14.4 Å². The fourth-order valence-electron chi connectivity index (χ4n) is 4.60. The average molecular weight is 443 g/mol. The van der Waals surface area contributed by atoms with E-state index in [2.05, 4.69) is 0 Å². The Morgan fingerprint density at radius 3 is 1.79 bits per heavy atom. The molecule has 33 heavy (non-hydrogen) atoms. The number of likely N-dealkylation sites (tertiary alicyclic amines) is 1. The van der Waals surface area contributed by atoms with Gasteiger partial charge in [-0.15, -0.1) is 0 Å². The Balaban J connectivity index is 1.94. The van der Waals surface area contributed by atoms with Crippen molar-refractivity contribution in [1.82, 2.24) is 4.90 Å². The van der Waals surface area contributed by atoms with Crippen molar-refractivity contribution in [2.24, 2.45) is 5.92 Å². The molecule has 1 aliphatic rings. The number of carbonyl (C=O) groups is 3. The van der Waals surface area contributed by atoms with Crippen LogP contribution in [0.5, 0.6) is 0 Å². The van der Waals surface area contributed by atoms with Crippen LogP contribution in [0.2, 0.25) is 0 Å². The molecular formula is C27H25NO5. The lowest BCUT2D eigenvalue weighted by molar-refractivity contribution is -0.197. The second-order valence-electron chi connectivity index (χ2n) is 7.96. The molecule has 4 rings (SSSR count). The zero-order chi connectivity index (χ0) is 23.4. The normalized spacial score (nSPS) is 17.8. The zero-order valence-corrected chi connectivity index (χ0v) is 18.5. The topological polar surface area (TPSA) is 72.9 Å². The molecule has 0 unspecified atom stereocenters. The van der Waals surface area contributed by atoms with Crippen molar-refractivity contribution < 1.29 is 23.9 Å². The lowest BCUT2D eigenvalue weighted by Crippen LogP contribution is -2.71. The van der Waals surface area contributed by atoms with E-state index in [0.717, 1.165) is 5.56 Å². The van der Waals surface area contributed by atoms with Gasteiger partial charge in [0.25, 0.3) is 0 Å². The van der Waals surface area contributed by atoms with Gasteiger partial charge in [0.1, 0.15) is 6.04 Å². The van der Waals surface area contributed by atoms with E-state index >= 15 is 0 Å². The molecule has 1 aliphatic heterocycles. The quantitative estimate of drug-likeness (QED) is 0.316. The van der Waals surface area contributed by atoms with E-state index in [1.807, 2.05) is 91.0 Å². The predicted octanol–water partition coefficient (Wildman–Crippen LogP) is 3.69. The highest BCUT2D eigenvalue weighted by Gasteiger charge is 2.64. The summed E-state index contributed by atoms with van der Waals surface area (Å²) in [7, 11) is 1.26. The lowest BCUT2D eigenvalue weighted by atomic mass is 9.68. The first-order valence-corrected chi connectivity index (χ1v) is 10.7. The third-order valence-electron chi connectivity index (χ3n) is 5.98. The first-order chi connectivity index (χ1) is 16.0. The highest BCUT2D eigenvalue weighted by molar-refractivity contribution is 6.04. The van der Waals surface area contributed by atoms with Crippen LogP contribution < -0.4 is 0 Å². The first-order valence-electron chi connectivity index (χ1n) is 10.7. The van der Waals surface area contributed by atoms with Crippen LogP contribution in [-0.2, 0) is 36.0 Å². The van der Waals surface area contributed by atoms with Gasteiger partial charge in [-0.2, -0.15) is 0 Å². The van der Waals surface area contributed by atoms with Crippen LogP contribution in [0.4, 0.5) is 0 Å². The molecule has 1 saturated heterocycles. The SMILES string of the molecule is COC(=O)[C@@H]1C(=O)N(Cc2ccccc2)[C@H]1C(OC(C)=O)(c1ccccc1)c1ccccc1. The standard InChI is InChI=1S/C27H25NO5/c1-19(29)33-27(21-14-8-4-9-15-21,22-16-10-5-11-17-22)24-23(26(31)32-2)25(30)28(24)18-20-12-6-3-7-13-20/h3-17,23-24H,18H2,1-2H3/t23-,24+/m0/s1. The van der Waals surface area contributed by atoms with Crippen molar-refractivity contribution in [2.75, 3.05) is 7.11 Å². The minimum Gasteiger partial charge on any atom is -0.468 e. The summed E-state index contributed by atoms with van der Waals surface area (Å²) in [6.07, 6.45) is 0. The summed E-state index contributed by atoms with van der Waals surface area (Å²) in [5.41, 5.74) is 0.819. The van der Waals surface area contributed by atoms with Crippen molar-refractivity contribution in [3.05, 3.63) is 108 Å². The van der Waals surface area contributed by atoms with Gasteiger partial charge in [0.2, 0.25) is 5.91 Å². The largest absolute Gasteiger partial charge is 0.468 e. The molecule has 168 valence electrons. The summed E-state index contributed by atoms with van der Waals surface area (Å²) in [5, 5.41) is 0. The monoisotopic (exact) mass is 443 g/mol. The summed E-state index contributed by atoms with van der Waals surface area (Å²) in [6, 6.07) is 27.1. The molecule has 3 aromatic carbocycles. The molecule has 1 heterocycles. The van der Waals surface area contributed by atoms with Gasteiger partial charge in [-0.05, 0) is 5.56 Å². The van der Waals surface area contributed by atoms with Crippen LogP contribution in [0.1, 0.15) is 23.6 Å². The minimum absolute atomic E-state index is 0.264. The van der Waals surface area contributed by atoms with Crippen LogP contribution in [0.15, 0.2) is 91.0 Å². The van der Waals surface area contributed by atoms with E-state index in [0.29, 0.717) is 11.1 Å². The third kappa shape index (κ3) is 4.00. The molecule has 0 aliphatic carbocycles. The molecule has 6 nitrogen and oxygen atoms in total. The number of methoxy groups -OCH3 is 1. The van der Waals surface area contributed by atoms with Gasteiger partial charge < -0.3 is 14.4 Å². The number of β-lactam (4-membered cyclic amide) rings is 1. The fraction of sp³-hybridized carbons (Fsp3) is 0.222. The number of amides is 1.